The number of halogens is 1. The van der Waals surface area contributed by atoms with E-state index < -0.39 is 5.92 Å². The minimum atomic E-state index is -0.490. The van der Waals surface area contributed by atoms with Crippen LogP contribution in [0.15, 0.2) is 30.3 Å². The first-order valence-electron chi connectivity index (χ1n) is 9.05. The number of carbonyl (C=O) groups excluding carboxylic acids is 2. The molecule has 1 saturated heterocycles. The minimum absolute atomic E-state index is 0.120. The normalized spacial score (nSPS) is 16.0. The van der Waals surface area contributed by atoms with Crippen molar-refractivity contribution in [3.05, 3.63) is 40.9 Å². The maximum absolute atomic E-state index is 12.8. The van der Waals surface area contributed by atoms with Gasteiger partial charge in [0.2, 0.25) is 11.8 Å². The lowest BCUT2D eigenvalue weighted by Gasteiger charge is -2.19. The fraction of sp³-hybridized carbons (Fsp3) is 0.333. The summed E-state index contributed by atoms with van der Waals surface area (Å²) in [6.45, 7) is 2.12. The molecule has 2 aromatic rings. The third-order valence-corrected chi connectivity index (χ3v) is 5.32. The molecule has 3 rings (SSSR count). The van der Waals surface area contributed by atoms with E-state index in [1.165, 1.54) is 14.2 Å². The van der Waals surface area contributed by atoms with Gasteiger partial charge in [0.25, 0.3) is 0 Å². The molecule has 29 heavy (non-hydrogen) atoms. The topological polar surface area (TPSA) is 77.1 Å². The van der Waals surface area contributed by atoms with Crippen LogP contribution >= 0.6 is 11.6 Å². The van der Waals surface area contributed by atoms with Crippen molar-refractivity contribution in [3.8, 4) is 17.2 Å². The Morgan fingerprint density at radius 3 is 2.41 bits per heavy atom. The molecule has 1 heterocycles. The number of ether oxygens (including phenoxy) is 3. The summed E-state index contributed by atoms with van der Waals surface area (Å²) < 4.78 is 15.8. The predicted octanol–water partition coefficient (Wildman–Crippen LogP) is 3.67. The van der Waals surface area contributed by atoms with Gasteiger partial charge in [0.1, 0.15) is 5.75 Å². The monoisotopic (exact) mass is 418 g/mol. The van der Waals surface area contributed by atoms with Crippen molar-refractivity contribution < 1.29 is 23.8 Å². The van der Waals surface area contributed by atoms with Gasteiger partial charge >= 0.3 is 0 Å². The Morgan fingerprint density at radius 2 is 1.76 bits per heavy atom. The highest BCUT2D eigenvalue weighted by atomic mass is 35.5. The van der Waals surface area contributed by atoms with Gasteiger partial charge in [-0.1, -0.05) is 11.6 Å². The summed E-state index contributed by atoms with van der Waals surface area (Å²) in [5.74, 6) is 0.693. The average Bonchev–Trinajstić information content (AvgIpc) is 3.11. The van der Waals surface area contributed by atoms with E-state index in [9.17, 15) is 9.59 Å². The molecule has 1 atom stereocenters. The number of nitrogens with zero attached hydrogens (tertiary/aromatic N) is 1. The number of hydrogen-bond acceptors (Lipinski definition) is 5. The Labute approximate surface area is 174 Å². The lowest BCUT2D eigenvalue weighted by Crippen LogP contribution is -2.28. The summed E-state index contributed by atoms with van der Waals surface area (Å²) in [6.07, 6.45) is 0.120. The highest BCUT2D eigenvalue weighted by molar-refractivity contribution is 6.31. The molecule has 8 heteroatoms. The zero-order valence-corrected chi connectivity index (χ0v) is 17.5. The number of nitrogens with one attached hydrogen (secondary N) is 1. The minimum Gasteiger partial charge on any atom is -0.495 e. The molecular weight excluding hydrogens is 396 g/mol. The van der Waals surface area contributed by atoms with E-state index in [4.69, 9.17) is 25.8 Å². The molecule has 0 aromatic heterocycles. The molecule has 2 aromatic carbocycles. The fourth-order valence-electron chi connectivity index (χ4n) is 3.29. The Morgan fingerprint density at radius 1 is 1.07 bits per heavy atom. The Kier molecular flexibility index (Phi) is 6.17. The highest BCUT2D eigenvalue weighted by Crippen LogP contribution is 2.35. The number of hydrogen-bond donors (Lipinski definition) is 1. The number of benzene rings is 2. The quantitative estimate of drug-likeness (QED) is 0.774. The van der Waals surface area contributed by atoms with Gasteiger partial charge < -0.3 is 24.4 Å². The number of aryl methyl sites for hydroxylation is 1. The molecule has 2 amide bonds. The third-order valence-electron chi connectivity index (χ3n) is 4.91. The molecule has 0 saturated carbocycles. The summed E-state index contributed by atoms with van der Waals surface area (Å²) in [5.41, 5.74) is 2.00. The van der Waals surface area contributed by atoms with Gasteiger partial charge in [-0.25, -0.2) is 0 Å². The molecule has 0 radical (unpaired) electrons. The maximum atomic E-state index is 12.8. The van der Waals surface area contributed by atoms with E-state index in [1.807, 2.05) is 6.92 Å². The second-order valence-electron chi connectivity index (χ2n) is 6.74. The predicted molar refractivity (Wildman–Crippen MR) is 111 cm³/mol. The SMILES string of the molecule is COc1cc(Cl)c(C)cc1NC(=O)C1CC(=O)N(c2ccc(OC)c(OC)c2)C1. The van der Waals surface area contributed by atoms with E-state index in [1.54, 1.807) is 42.3 Å². The zero-order chi connectivity index (χ0) is 21.1. The lowest BCUT2D eigenvalue weighted by molar-refractivity contribution is -0.122. The van der Waals surface area contributed by atoms with Gasteiger partial charge in [0.05, 0.1) is 32.9 Å². The molecule has 7 nitrogen and oxygen atoms in total. The molecule has 1 aliphatic rings. The second kappa shape index (κ2) is 8.61. The first-order valence-corrected chi connectivity index (χ1v) is 9.43. The average molecular weight is 419 g/mol. The van der Waals surface area contributed by atoms with E-state index in [0.717, 1.165) is 5.56 Å². The Balaban J connectivity index is 1.77. The third kappa shape index (κ3) is 4.24. The molecule has 1 aliphatic heterocycles. The molecule has 1 N–H and O–H groups in total. The fourth-order valence-corrected chi connectivity index (χ4v) is 3.44. The highest BCUT2D eigenvalue weighted by Gasteiger charge is 2.35. The standard InChI is InChI=1S/C21H23ClN2O5/c1-12-7-16(18(28-3)10-15(12)22)23-21(26)13-8-20(25)24(11-13)14-5-6-17(27-2)19(9-14)29-4/h5-7,9-10,13H,8,11H2,1-4H3,(H,23,26). The Bertz CT molecular complexity index is 947. The summed E-state index contributed by atoms with van der Waals surface area (Å²) in [6, 6.07) is 8.63. The van der Waals surface area contributed by atoms with E-state index in [0.29, 0.717) is 33.6 Å². The molecule has 0 aliphatic carbocycles. The van der Waals surface area contributed by atoms with Crippen molar-refractivity contribution in [2.45, 2.75) is 13.3 Å². The van der Waals surface area contributed by atoms with E-state index in [2.05, 4.69) is 5.32 Å². The summed E-state index contributed by atoms with van der Waals surface area (Å²) in [7, 11) is 4.59. The van der Waals surface area contributed by atoms with Crippen LogP contribution < -0.4 is 24.4 Å². The van der Waals surface area contributed by atoms with Crippen LogP contribution in [0, 0.1) is 12.8 Å². The van der Waals surface area contributed by atoms with Crippen LogP contribution in [0.4, 0.5) is 11.4 Å². The molecule has 1 fully saturated rings. The van der Waals surface area contributed by atoms with Gasteiger partial charge in [0, 0.05) is 35.8 Å². The number of carbonyl (C=O) groups is 2. The van der Waals surface area contributed by atoms with Crippen LogP contribution in [0.3, 0.4) is 0 Å². The molecule has 154 valence electrons. The Hall–Kier alpha value is -2.93. The van der Waals surface area contributed by atoms with Gasteiger partial charge in [0.15, 0.2) is 11.5 Å². The van der Waals surface area contributed by atoms with Crippen LogP contribution in [0.2, 0.25) is 5.02 Å². The van der Waals surface area contributed by atoms with Gasteiger partial charge in [-0.05, 0) is 30.7 Å². The molecule has 1 unspecified atom stereocenters. The smallest absolute Gasteiger partial charge is 0.229 e. The van der Waals surface area contributed by atoms with Gasteiger partial charge in [-0.15, -0.1) is 0 Å². The number of amides is 2. The van der Waals surface area contributed by atoms with Crippen molar-refractivity contribution in [2.24, 2.45) is 5.92 Å². The van der Waals surface area contributed by atoms with Gasteiger partial charge in [-0.3, -0.25) is 9.59 Å². The van der Waals surface area contributed by atoms with Crippen LogP contribution in [-0.4, -0.2) is 39.7 Å². The van der Waals surface area contributed by atoms with E-state index in [-0.39, 0.29) is 24.8 Å². The van der Waals surface area contributed by atoms with Crippen molar-refractivity contribution >= 4 is 34.8 Å². The van der Waals surface area contributed by atoms with Crippen LogP contribution in [0.5, 0.6) is 17.2 Å². The van der Waals surface area contributed by atoms with Crippen molar-refractivity contribution in [2.75, 3.05) is 38.1 Å². The van der Waals surface area contributed by atoms with Crippen LogP contribution in [0.1, 0.15) is 12.0 Å². The van der Waals surface area contributed by atoms with Crippen LogP contribution in [0.25, 0.3) is 0 Å². The van der Waals surface area contributed by atoms with Crippen molar-refractivity contribution in [1.29, 1.82) is 0 Å². The lowest BCUT2D eigenvalue weighted by atomic mass is 10.1. The second-order valence-corrected chi connectivity index (χ2v) is 7.14. The maximum Gasteiger partial charge on any atom is 0.229 e. The summed E-state index contributed by atoms with van der Waals surface area (Å²) in [5, 5.41) is 3.41. The number of rotatable bonds is 6. The van der Waals surface area contributed by atoms with Crippen molar-refractivity contribution in [1.82, 2.24) is 0 Å². The zero-order valence-electron chi connectivity index (χ0n) is 16.7. The van der Waals surface area contributed by atoms with Crippen molar-refractivity contribution in [3.63, 3.8) is 0 Å². The number of methoxy groups -OCH3 is 3. The largest absolute Gasteiger partial charge is 0.495 e. The first-order chi connectivity index (χ1) is 13.9. The first kappa shape index (κ1) is 20.8. The summed E-state index contributed by atoms with van der Waals surface area (Å²) >= 11 is 6.12. The number of anilines is 2. The van der Waals surface area contributed by atoms with E-state index >= 15 is 0 Å². The van der Waals surface area contributed by atoms with Gasteiger partial charge in [-0.2, -0.15) is 0 Å². The molecule has 0 spiro atoms. The molecular formula is C21H23ClN2O5. The summed E-state index contributed by atoms with van der Waals surface area (Å²) in [4.78, 5) is 26.9. The van der Waals surface area contributed by atoms with Crippen LogP contribution in [-0.2, 0) is 9.59 Å². The molecule has 0 bridgehead atoms.